The van der Waals surface area contributed by atoms with Crippen LogP contribution < -0.4 is 5.32 Å². The molecule has 0 heterocycles. The normalized spacial score (nSPS) is 14.7. The van der Waals surface area contributed by atoms with Crippen LogP contribution in [-0.4, -0.2) is 38.3 Å². The number of nitrogens with one attached hydrogen (secondary N) is 1. The van der Waals surface area contributed by atoms with Crippen LogP contribution in [0.25, 0.3) is 0 Å². The highest BCUT2D eigenvalue weighted by atomic mass is 32.2. The fraction of sp³-hybridized carbons (Fsp3) is 0.846. The van der Waals surface area contributed by atoms with E-state index >= 15 is 0 Å². The van der Waals surface area contributed by atoms with Crippen molar-refractivity contribution in [1.29, 1.82) is 0 Å². The zero-order chi connectivity index (χ0) is 12.3. The Morgan fingerprint density at radius 1 is 1.50 bits per heavy atom. The van der Waals surface area contributed by atoms with E-state index in [0.29, 0.717) is 0 Å². The Balaban J connectivity index is 3.68. The topological polar surface area (TPSA) is 21.3 Å². The largest absolute Gasteiger partial charge is 0.383 e. The van der Waals surface area contributed by atoms with Gasteiger partial charge in [-0.3, -0.25) is 0 Å². The Morgan fingerprint density at radius 3 is 2.81 bits per heavy atom. The lowest BCUT2D eigenvalue weighted by Gasteiger charge is -2.26. The number of hydrogen-bond donors (Lipinski definition) is 1. The Bertz CT molecular complexity index is 161. The van der Waals surface area contributed by atoms with Gasteiger partial charge in [-0.2, -0.15) is 11.8 Å². The van der Waals surface area contributed by atoms with E-state index in [1.54, 1.807) is 7.11 Å². The smallest absolute Gasteiger partial charge is 0.0587 e. The second-order valence-corrected chi connectivity index (χ2v) is 5.72. The summed E-state index contributed by atoms with van der Waals surface area (Å²) in [5, 5.41) is 3.42. The van der Waals surface area contributed by atoms with Crippen LogP contribution in [0.2, 0.25) is 0 Å². The van der Waals surface area contributed by atoms with Crippen molar-refractivity contribution in [3.8, 4) is 0 Å². The van der Waals surface area contributed by atoms with E-state index in [1.165, 1.54) is 24.3 Å². The van der Waals surface area contributed by atoms with E-state index in [1.807, 2.05) is 11.8 Å². The molecule has 0 aromatic carbocycles. The molecule has 0 fully saturated rings. The highest BCUT2D eigenvalue weighted by Crippen LogP contribution is 2.24. The van der Waals surface area contributed by atoms with E-state index in [9.17, 15) is 0 Å². The maximum atomic E-state index is 5.01. The number of thioether (sulfide) groups is 1. The first-order valence-corrected chi connectivity index (χ1v) is 7.25. The van der Waals surface area contributed by atoms with Gasteiger partial charge >= 0.3 is 0 Å². The van der Waals surface area contributed by atoms with Crippen LogP contribution in [0.5, 0.6) is 0 Å². The summed E-state index contributed by atoms with van der Waals surface area (Å²) in [6, 6.07) is 0. The fourth-order valence-electron chi connectivity index (χ4n) is 1.53. The molecule has 0 rings (SSSR count). The third-order valence-electron chi connectivity index (χ3n) is 2.75. The van der Waals surface area contributed by atoms with Crippen LogP contribution in [0.3, 0.4) is 0 Å². The molecule has 0 aromatic heterocycles. The van der Waals surface area contributed by atoms with E-state index in [2.05, 4.69) is 31.8 Å². The van der Waals surface area contributed by atoms with Gasteiger partial charge in [-0.25, -0.2) is 0 Å². The third kappa shape index (κ3) is 8.20. The van der Waals surface area contributed by atoms with Gasteiger partial charge in [-0.1, -0.05) is 19.9 Å². The average molecular weight is 245 g/mol. The third-order valence-corrected chi connectivity index (χ3v) is 3.73. The van der Waals surface area contributed by atoms with Crippen molar-refractivity contribution in [3.05, 3.63) is 12.7 Å². The standard InChI is InChI=1S/C13H27NOS/c1-5-13(3,8-7-11-16-6-2)12-14-9-10-15-4/h5,14H,1,6-12H2,2-4H3. The van der Waals surface area contributed by atoms with Gasteiger partial charge in [0.25, 0.3) is 0 Å². The summed E-state index contributed by atoms with van der Waals surface area (Å²) in [6.45, 7) is 11.1. The van der Waals surface area contributed by atoms with Crippen molar-refractivity contribution in [2.75, 3.05) is 38.3 Å². The first-order valence-electron chi connectivity index (χ1n) is 6.09. The Morgan fingerprint density at radius 2 is 2.25 bits per heavy atom. The maximum absolute atomic E-state index is 5.01. The lowest BCUT2D eigenvalue weighted by molar-refractivity contribution is 0.195. The fourth-order valence-corrected chi connectivity index (χ4v) is 2.17. The minimum Gasteiger partial charge on any atom is -0.383 e. The van der Waals surface area contributed by atoms with Gasteiger partial charge < -0.3 is 10.1 Å². The monoisotopic (exact) mass is 245 g/mol. The second-order valence-electron chi connectivity index (χ2n) is 4.33. The van der Waals surface area contributed by atoms with Gasteiger partial charge in [-0.05, 0) is 29.8 Å². The predicted molar refractivity (Wildman–Crippen MR) is 75.3 cm³/mol. The van der Waals surface area contributed by atoms with E-state index in [-0.39, 0.29) is 5.41 Å². The lowest BCUT2D eigenvalue weighted by Crippen LogP contribution is -2.32. The van der Waals surface area contributed by atoms with Crippen molar-refractivity contribution in [3.63, 3.8) is 0 Å². The maximum Gasteiger partial charge on any atom is 0.0587 e. The van der Waals surface area contributed by atoms with Crippen LogP contribution in [0.15, 0.2) is 12.7 Å². The van der Waals surface area contributed by atoms with Crippen LogP contribution >= 0.6 is 11.8 Å². The zero-order valence-electron chi connectivity index (χ0n) is 11.1. The molecule has 1 unspecified atom stereocenters. The summed E-state index contributed by atoms with van der Waals surface area (Å²) in [6.07, 6.45) is 4.57. The molecule has 0 radical (unpaired) electrons. The molecule has 0 spiro atoms. The highest BCUT2D eigenvalue weighted by Gasteiger charge is 2.18. The number of ether oxygens (including phenoxy) is 1. The molecule has 0 aromatic rings. The first kappa shape index (κ1) is 16.0. The molecule has 1 N–H and O–H groups in total. The average Bonchev–Trinajstić information content (AvgIpc) is 2.31. The van der Waals surface area contributed by atoms with Gasteiger partial charge in [-0.15, -0.1) is 6.58 Å². The van der Waals surface area contributed by atoms with Crippen LogP contribution in [0, 0.1) is 5.41 Å². The predicted octanol–water partition coefficient (Wildman–Crippen LogP) is 2.95. The Labute approximate surface area is 105 Å². The molecule has 0 aliphatic carbocycles. The van der Waals surface area contributed by atoms with E-state index in [4.69, 9.17) is 4.74 Å². The van der Waals surface area contributed by atoms with Gasteiger partial charge in [0, 0.05) is 20.2 Å². The molecule has 16 heavy (non-hydrogen) atoms. The van der Waals surface area contributed by atoms with E-state index < -0.39 is 0 Å². The molecule has 1 atom stereocenters. The summed E-state index contributed by atoms with van der Waals surface area (Å²) in [5.41, 5.74) is 0.224. The summed E-state index contributed by atoms with van der Waals surface area (Å²) in [7, 11) is 1.73. The van der Waals surface area contributed by atoms with Gasteiger partial charge in [0.2, 0.25) is 0 Å². The quantitative estimate of drug-likeness (QED) is 0.447. The highest BCUT2D eigenvalue weighted by molar-refractivity contribution is 7.99. The molecule has 0 saturated carbocycles. The van der Waals surface area contributed by atoms with Crippen LogP contribution in [-0.2, 0) is 4.74 Å². The van der Waals surface area contributed by atoms with Crippen molar-refractivity contribution in [2.45, 2.75) is 26.7 Å². The Kier molecular flexibility index (Phi) is 10.2. The minimum absolute atomic E-state index is 0.224. The van der Waals surface area contributed by atoms with Gasteiger partial charge in [0.15, 0.2) is 0 Å². The Hall–Kier alpha value is 0.01000. The number of rotatable bonds is 11. The summed E-state index contributed by atoms with van der Waals surface area (Å²) >= 11 is 2.02. The molecule has 2 nitrogen and oxygen atoms in total. The molecule has 3 heteroatoms. The SMILES string of the molecule is C=CC(C)(CCCSCC)CNCCOC. The molecular formula is C13H27NOS. The van der Waals surface area contributed by atoms with Crippen molar-refractivity contribution < 1.29 is 4.74 Å². The van der Waals surface area contributed by atoms with Crippen LogP contribution in [0.4, 0.5) is 0 Å². The van der Waals surface area contributed by atoms with Crippen molar-refractivity contribution in [1.82, 2.24) is 5.32 Å². The molecule has 0 aliphatic heterocycles. The van der Waals surface area contributed by atoms with Crippen LogP contribution in [0.1, 0.15) is 26.7 Å². The first-order chi connectivity index (χ1) is 7.68. The molecule has 0 saturated heterocycles. The molecule has 0 bridgehead atoms. The summed E-state index contributed by atoms with van der Waals surface area (Å²) in [5.74, 6) is 2.48. The van der Waals surface area contributed by atoms with Crippen molar-refractivity contribution >= 4 is 11.8 Å². The molecular weight excluding hydrogens is 218 g/mol. The summed E-state index contributed by atoms with van der Waals surface area (Å²) in [4.78, 5) is 0. The number of methoxy groups -OCH3 is 1. The van der Waals surface area contributed by atoms with Crippen molar-refractivity contribution in [2.24, 2.45) is 5.41 Å². The summed E-state index contributed by atoms with van der Waals surface area (Å²) < 4.78 is 5.01. The molecule has 96 valence electrons. The van der Waals surface area contributed by atoms with E-state index in [0.717, 1.165) is 19.7 Å². The zero-order valence-corrected chi connectivity index (χ0v) is 11.9. The molecule has 0 aliphatic rings. The van der Waals surface area contributed by atoms with Gasteiger partial charge in [0.1, 0.15) is 0 Å². The number of hydrogen-bond acceptors (Lipinski definition) is 3. The van der Waals surface area contributed by atoms with Gasteiger partial charge in [0.05, 0.1) is 6.61 Å². The second kappa shape index (κ2) is 10.2. The minimum atomic E-state index is 0.224. The lowest BCUT2D eigenvalue weighted by atomic mass is 9.86. The molecule has 0 amide bonds.